The van der Waals surface area contributed by atoms with Gasteiger partial charge in [0.25, 0.3) is 0 Å². The van der Waals surface area contributed by atoms with Crippen LogP contribution in [0.2, 0.25) is 5.15 Å². The molecule has 2 aromatic rings. The van der Waals surface area contributed by atoms with Crippen molar-refractivity contribution in [1.29, 1.82) is 0 Å². The fraction of sp³-hybridized carbons (Fsp3) is 0.231. The van der Waals surface area contributed by atoms with Gasteiger partial charge in [0.2, 0.25) is 0 Å². The van der Waals surface area contributed by atoms with Gasteiger partial charge in [-0.1, -0.05) is 11.6 Å². The summed E-state index contributed by atoms with van der Waals surface area (Å²) in [6.07, 6.45) is 0. The molecule has 0 spiro atoms. The monoisotopic (exact) mass is 264 g/mol. The maximum atomic E-state index is 5.71. The highest BCUT2D eigenvalue weighted by Crippen LogP contribution is 2.31. The Morgan fingerprint density at radius 1 is 1.11 bits per heavy atom. The molecule has 1 aromatic carbocycles. The topological polar surface area (TPSA) is 44.2 Å². The van der Waals surface area contributed by atoms with Crippen LogP contribution in [0.4, 0.5) is 0 Å². The van der Waals surface area contributed by atoms with E-state index in [-0.39, 0.29) is 0 Å². The third-order valence-corrected chi connectivity index (χ3v) is 2.59. The predicted molar refractivity (Wildman–Crippen MR) is 70.2 cm³/mol. The highest BCUT2D eigenvalue weighted by molar-refractivity contribution is 6.29. The van der Waals surface area contributed by atoms with Crippen molar-refractivity contribution in [3.8, 4) is 22.8 Å². The molecule has 1 aromatic heterocycles. The van der Waals surface area contributed by atoms with Crippen LogP contribution in [0.25, 0.3) is 11.3 Å². The fourth-order valence-electron chi connectivity index (χ4n) is 1.57. The second-order valence-corrected chi connectivity index (χ2v) is 3.93. The van der Waals surface area contributed by atoms with Crippen LogP contribution in [0.3, 0.4) is 0 Å². The second-order valence-electron chi connectivity index (χ2n) is 3.54. The summed E-state index contributed by atoms with van der Waals surface area (Å²) >= 11 is 5.71. The first-order valence-electron chi connectivity index (χ1n) is 5.55. The molecule has 5 heteroatoms. The van der Waals surface area contributed by atoms with Gasteiger partial charge in [-0.15, -0.1) is 10.2 Å². The molecule has 0 amide bonds. The van der Waals surface area contributed by atoms with E-state index < -0.39 is 0 Å². The quantitative estimate of drug-likeness (QED) is 0.851. The Bertz CT molecular complexity index is 529. The molecule has 2 rings (SSSR count). The molecule has 0 saturated carbocycles. The van der Waals surface area contributed by atoms with Gasteiger partial charge in [-0.3, -0.25) is 0 Å². The summed E-state index contributed by atoms with van der Waals surface area (Å²) < 4.78 is 10.7. The summed E-state index contributed by atoms with van der Waals surface area (Å²) in [6, 6.07) is 9.14. The average Bonchev–Trinajstić information content (AvgIpc) is 2.40. The molecule has 0 N–H and O–H groups in total. The van der Waals surface area contributed by atoms with Crippen LogP contribution >= 0.6 is 11.6 Å². The molecule has 0 saturated heterocycles. The molecule has 94 valence electrons. The summed E-state index contributed by atoms with van der Waals surface area (Å²) in [5.41, 5.74) is 1.64. The zero-order valence-corrected chi connectivity index (χ0v) is 10.9. The second kappa shape index (κ2) is 5.69. The summed E-state index contributed by atoms with van der Waals surface area (Å²) in [7, 11) is 1.61. The van der Waals surface area contributed by atoms with Crippen LogP contribution in [0, 0.1) is 0 Å². The maximum absolute atomic E-state index is 5.71. The normalized spacial score (nSPS) is 10.2. The van der Waals surface area contributed by atoms with Crippen molar-refractivity contribution in [3.63, 3.8) is 0 Å². The smallest absolute Gasteiger partial charge is 0.161 e. The lowest BCUT2D eigenvalue weighted by Gasteiger charge is -2.10. The lowest BCUT2D eigenvalue weighted by atomic mass is 10.1. The molecule has 0 aliphatic carbocycles. The average molecular weight is 265 g/mol. The number of aromatic nitrogens is 2. The highest BCUT2D eigenvalue weighted by atomic mass is 35.5. The van der Waals surface area contributed by atoms with Crippen LogP contribution in [0.15, 0.2) is 30.3 Å². The van der Waals surface area contributed by atoms with Crippen LogP contribution < -0.4 is 9.47 Å². The zero-order valence-electron chi connectivity index (χ0n) is 10.2. The zero-order chi connectivity index (χ0) is 13.0. The molecular weight excluding hydrogens is 252 g/mol. The molecule has 1 heterocycles. The minimum atomic E-state index is 0.372. The van der Waals surface area contributed by atoms with Gasteiger partial charge in [0.05, 0.1) is 19.4 Å². The van der Waals surface area contributed by atoms with Crippen LogP contribution in [-0.4, -0.2) is 23.9 Å². The number of methoxy groups -OCH3 is 1. The van der Waals surface area contributed by atoms with Gasteiger partial charge in [-0.05, 0) is 37.3 Å². The minimum Gasteiger partial charge on any atom is -0.493 e. The maximum Gasteiger partial charge on any atom is 0.161 e. The van der Waals surface area contributed by atoms with Crippen molar-refractivity contribution < 1.29 is 9.47 Å². The molecule has 0 fully saturated rings. The van der Waals surface area contributed by atoms with Gasteiger partial charge in [0.15, 0.2) is 16.7 Å². The first-order valence-corrected chi connectivity index (χ1v) is 5.93. The van der Waals surface area contributed by atoms with Crippen LogP contribution in [0.5, 0.6) is 11.5 Å². The molecule has 0 radical (unpaired) electrons. The first kappa shape index (κ1) is 12.6. The molecule has 0 atom stereocenters. The van der Waals surface area contributed by atoms with Crippen molar-refractivity contribution in [2.45, 2.75) is 6.92 Å². The van der Waals surface area contributed by atoms with Crippen molar-refractivity contribution in [2.75, 3.05) is 13.7 Å². The molecule has 0 unspecified atom stereocenters. The Labute approximate surface area is 111 Å². The Morgan fingerprint density at radius 2 is 1.94 bits per heavy atom. The summed E-state index contributed by atoms with van der Waals surface area (Å²) in [5, 5.41) is 8.21. The van der Waals surface area contributed by atoms with E-state index >= 15 is 0 Å². The summed E-state index contributed by atoms with van der Waals surface area (Å²) in [5.74, 6) is 1.39. The number of rotatable bonds is 4. The number of ether oxygens (including phenoxy) is 2. The summed E-state index contributed by atoms with van der Waals surface area (Å²) in [4.78, 5) is 0. The van der Waals surface area contributed by atoms with E-state index in [9.17, 15) is 0 Å². The SMILES string of the molecule is CCOc1ccc(-c2ccc(Cl)nn2)cc1OC. The van der Waals surface area contributed by atoms with Gasteiger partial charge in [0.1, 0.15) is 0 Å². The van der Waals surface area contributed by atoms with E-state index in [1.807, 2.05) is 31.2 Å². The molecule has 0 aliphatic rings. The van der Waals surface area contributed by atoms with E-state index in [4.69, 9.17) is 21.1 Å². The van der Waals surface area contributed by atoms with Gasteiger partial charge in [-0.2, -0.15) is 0 Å². The van der Waals surface area contributed by atoms with Crippen LogP contribution in [0.1, 0.15) is 6.92 Å². The Hall–Kier alpha value is -1.81. The van der Waals surface area contributed by atoms with E-state index in [1.165, 1.54) is 0 Å². The van der Waals surface area contributed by atoms with Crippen molar-refractivity contribution in [2.24, 2.45) is 0 Å². The Kier molecular flexibility index (Phi) is 3.99. The molecule has 4 nitrogen and oxygen atoms in total. The van der Waals surface area contributed by atoms with Crippen molar-refractivity contribution >= 4 is 11.6 Å². The fourth-order valence-corrected chi connectivity index (χ4v) is 1.67. The number of hydrogen-bond acceptors (Lipinski definition) is 4. The molecule has 0 aliphatic heterocycles. The lowest BCUT2D eigenvalue weighted by molar-refractivity contribution is 0.311. The third kappa shape index (κ3) is 2.71. The van der Waals surface area contributed by atoms with Gasteiger partial charge >= 0.3 is 0 Å². The van der Waals surface area contributed by atoms with Gasteiger partial charge in [-0.25, -0.2) is 0 Å². The molecular formula is C13H13ClN2O2. The Morgan fingerprint density at radius 3 is 2.56 bits per heavy atom. The predicted octanol–water partition coefficient (Wildman–Crippen LogP) is 3.20. The minimum absolute atomic E-state index is 0.372. The number of hydrogen-bond donors (Lipinski definition) is 0. The number of benzene rings is 1. The van der Waals surface area contributed by atoms with Crippen molar-refractivity contribution in [3.05, 3.63) is 35.5 Å². The largest absolute Gasteiger partial charge is 0.493 e. The van der Waals surface area contributed by atoms with E-state index in [0.717, 1.165) is 11.3 Å². The van der Waals surface area contributed by atoms with E-state index in [2.05, 4.69) is 10.2 Å². The molecule has 0 bridgehead atoms. The first-order chi connectivity index (χ1) is 8.74. The van der Waals surface area contributed by atoms with Crippen molar-refractivity contribution in [1.82, 2.24) is 10.2 Å². The standard InChI is InChI=1S/C13H13ClN2O2/c1-3-18-11-6-4-9(8-12(11)17-2)10-5-7-13(14)16-15-10/h4-8H,3H2,1-2H3. The third-order valence-electron chi connectivity index (χ3n) is 2.39. The summed E-state index contributed by atoms with van der Waals surface area (Å²) in [6.45, 7) is 2.52. The van der Waals surface area contributed by atoms with E-state index in [0.29, 0.717) is 23.3 Å². The lowest BCUT2D eigenvalue weighted by Crippen LogP contribution is -1.96. The van der Waals surface area contributed by atoms with E-state index in [1.54, 1.807) is 13.2 Å². The molecule has 18 heavy (non-hydrogen) atoms. The number of halogens is 1. The van der Waals surface area contributed by atoms with Crippen LogP contribution in [-0.2, 0) is 0 Å². The highest BCUT2D eigenvalue weighted by Gasteiger charge is 2.07. The van der Waals surface area contributed by atoms with Gasteiger partial charge in [0, 0.05) is 5.56 Å². The Balaban J connectivity index is 2.37. The number of nitrogens with zero attached hydrogens (tertiary/aromatic N) is 2. The van der Waals surface area contributed by atoms with Gasteiger partial charge < -0.3 is 9.47 Å².